The summed E-state index contributed by atoms with van der Waals surface area (Å²) < 4.78 is 0. The summed E-state index contributed by atoms with van der Waals surface area (Å²) in [5.41, 5.74) is 5.60. The van der Waals surface area contributed by atoms with Crippen molar-refractivity contribution in [3.05, 3.63) is 33.9 Å². The van der Waals surface area contributed by atoms with Crippen molar-refractivity contribution in [1.82, 2.24) is 5.32 Å². The number of hydrogen-bond donors (Lipinski definition) is 2. The van der Waals surface area contributed by atoms with Crippen molar-refractivity contribution in [2.45, 2.75) is 13.3 Å². The fourth-order valence-electron chi connectivity index (χ4n) is 1.20. The molecule has 6 heteroatoms. The van der Waals surface area contributed by atoms with E-state index >= 15 is 0 Å². The highest BCUT2D eigenvalue weighted by atomic mass is 16.6. The number of nitrogens with two attached hydrogens (primary N) is 1. The third-order valence-electron chi connectivity index (χ3n) is 2.02. The predicted octanol–water partition coefficient (Wildman–Crippen LogP) is 1.32. The molecular formula is C10H13N3O3. The van der Waals surface area contributed by atoms with Gasteiger partial charge in [-0.2, -0.15) is 0 Å². The van der Waals surface area contributed by atoms with E-state index in [1.807, 2.05) is 6.92 Å². The van der Waals surface area contributed by atoms with Crippen molar-refractivity contribution >= 4 is 17.3 Å². The second-order valence-corrected chi connectivity index (χ2v) is 3.29. The maximum atomic E-state index is 11.5. The van der Waals surface area contributed by atoms with Gasteiger partial charge in [-0.15, -0.1) is 0 Å². The summed E-state index contributed by atoms with van der Waals surface area (Å²) in [6.07, 6.45) is 0.828. The molecular weight excluding hydrogens is 210 g/mol. The molecule has 0 aromatic heterocycles. The average molecular weight is 223 g/mol. The highest BCUT2D eigenvalue weighted by Crippen LogP contribution is 2.21. The number of hydrogen-bond acceptors (Lipinski definition) is 4. The number of carbonyl (C=O) groups is 1. The van der Waals surface area contributed by atoms with Crippen LogP contribution in [0.15, 0.2) is 18.2 Å². The number of benzene rings is 1. The molecule has 0 saturated heterocycles. The van der Waals surface area contributed by atoms with Crippen molar-refractivity contribution in [1.29, 1.82) is 0 Å². The lowest BCUT2D eigenvalue weighted by atomic mass is 10.1. The van der Waals surface area contributed by atoms with Crippen molar-refractivity contribution in [3.8, 4) is 0 Å². The Hall–Kier alpha value is -2.11. The van der Waals surface area contributed by atoms with Crippen LogP contribution in [0.3, 0.4) is 0 Å². The Morgan fingerprint density at radius 2 is 2.25 bits per heavy atom. The maximum absolute atomic E-state index is 11.5. The van der Waals surface area contributed by atoms with Gasteiger partial charge >= 0.3 is 0 Å². The first-order valence-corrected chi connectivity index (χ1v) is 4.88. The molecule has 1 amide bonds. The lowest BCUT2D eigenvalue weighted by Gasteiger charge is -2.04. The van der Waals surface area contributed by atoms with Crippen LogP contribution >= 0.6 is 0 Å². The normalized spacial score (nSPS) is 9.81. The Bertz CT molecular complexity index is 418. The van der Waals surface area contributed by atoms with Crippen LogP contribution in [0.25, 0.3) is 0 Å². The van der Waals surface area contributed by atoms with Gasteiger partial charge in [0.1, 0.15) is 5.69 Å². The molecule has 6 nitrogen and oxygen atoms in total. The number of nitrogen functional groups attached to an aromatic ring is 1. The van der Waals surface area contributed by atoms with E-state index in [1.54, 1.807) is 0 Å². The van der Waals surface area contributed by atoms with Gasteiger partial charge in [0.25, 0.3) is 11.6 Å². The molecule has 0 bridgehead atoms. The Morgan fingerprint density at radius 1 is 1.56 bits per heavy atom. The molecule has 0 spiro atoms. The topological polar surface area (TPSA) is 98.3 Å². The molecule has 0 atom stereocenters. The molecule has 0 radical (unpaired) electrons. The molecule has 0 fully saturated rings. The van der Waals surface area contributed by atoms with Crippen LogP contribution in [0, 0.1) is 10.1 Å². The molecule has 0 aliphatic rings. The van der Waals surface area contributed by atoms with Crippen LogP contribution in [0.4, 0.5) is 11.4 Å². The first kappa shape index (κ1) is 12.0. The Labute approximate surface area is 92.6 Å². The van der Waals surface area contributed by atoms with Crippen molar-refractivity contribution in [2.75, 3.05) is 12.3 Å². The average Bonchev–Trinajstić information content (AvgIpc) is 2.25. The molecule has 0 aliphatic carbocycles. The molecule has 16 heavy (non-hydrogen) atoms. The largest absolute Gasteiger partial charge is 0.393 e. The van der Waals surface area contributed by atoms with E-state index in [0.29, 0.717) is 12.1 Å². The Balaban J connectivity index is 2.88. The summed E-state index contributed by atoms with van der Waals surface area (Å²) >= 11 is 0. The van der Waals surface area contributed by atoms with E-state index < -0.39 is 4.92 Å². The first-order chi connectivity index (χ1) is 7.56. The van der Waals surface area contributed by atoms with Crippen LogP contribution in [-0.2, 0) is 0 Å². The van der Waals surface area contributed by atoms with E-state index in [2.05, 4.69) is 5.32 Å². The summed E-state index contributed by atoms with van der Waals surface area (Å²) in [5, 5.41) is 13.2. The fraction of sp³-hybridized carbons (Fsp3) is 0.300. The van der Waals surface area contributed by atoms with Gasteiger partial charge in [-0.05, 0) is 18.6 Å². The zero-order chi connectivity index (χ0) is 12.1. The van der Waals surface area contributed by atoms with Crippen LogP contribution in [0.2, 0.25) is 0 Å². The van der Waals surface area contributed by atoms with Crippen molar-refractivity contribution in [3.63, 3.8) is 0 Å². The second-order valence-electron chi connectivity index (χ2n) is 3.29. The van der Waals surface area contributed by atoms with Crippen LogP contribution in [0.5, 0.6) is 0 Å². The Morgan fingerprint density at radius 3 is 2.75 bits per heavy atom. The molecule has 0 heterocycles. The smallest absolute Gasteiger partial charge is 0.292 e. The lowest BCUT2D eigenvalue weighted by Crippen LogP contribution is -2.24. The van der Waals surface area contributed by atoms with Gasteiger partial charge in [-0.25, -0.2) is 0 Å². The zero-order valence-electron chi connectivity index (χ0n) is 8.90. The van der Waals surface area contributed by atoms with E-state index in [0.717, 1.165) is 6.42 Å². The van der Waals surface area contributed by atoms with Gasteiger partial charge in [0.05, 0.1) is 4.92 Å². The number of nitrogens with one attached hydrogen (secondary N) is 1. The highest BCUT2D eigenvalue weighted by molar-refractivity contribution is 5.95. The quantitative estimate of drug-likeness (QED) is 0.456. The van der Waals surface area contributed by atoms with E-state index in [1.165, 1.54) is 18.2 Å². The van der Waals surface area contributed by atoms with Crippen molar-refractivity contribution < 1.29 is 9.72 Å². The summed E-state index contributed by atoms with van der Waals surface area (Å²) in [4.78, 5) is 21.4. The first-order valence-electron chi connectivity index (χ1n) is 4.88. The van der Waals surface area contributed by atoms with Gasteiger partial charge < -0.3 is 11.1 Å². The maximum Gasteiger partial charge on any atom is 0.292 e. The minimum Gasteiger partial charge on any atom is -0.393 e. The van der Waals surface area contributed by atoms with Gasteiger partial charge in [0.2, 0.25) is 0 Å². The predicted molar refractivity (Wildman–Crippen MR) is 60.1 cm³/mol. The summed E-state index contributed by atoms with van der Waals surface area (Å²) in [6.45, 7) is 2.50. The number of carbonyl (C=O) groups excluding carboxylic acids is 1. The van der Waals surface area contributed by atoms with E-state index in [4.69, 9.17) is 5.73 Å². The summed E-state index contributed by atoms with van der Waals surface area (Å²) in [5.74, 6) is -0.275. The van der Waals surface area contributed by atoms with E-state index in [-0.39, 0.29) is 17.3 Å². The third-order valence-corrected chi connectivity index (χ3v) is 2.02. The number of rotatable bonds is 4. The molecule has 3 N–H and O–H groups in total. The number of nitro groups is 1. The standard InChI is InChI=1S/C10H13N3O3/c1-2-5-12-10(14)7-3-4-9(13(15)16)8(11)6-7/h3-4,6H,2,5,11H2,1H3,(H,12,14). The Kier molecular flexibility index (Phi) is 3.82. The zero-order valence-corrected chi connectivity index (χ0v) is 8.90. The minimum atomic E-state index is -0.580. The molecule has 1 aromatic rings. The van der Waals surface area contributed by atoms with Crippen LogP contribution < -0.4 is 11.1 Å². The van der Waals surface area contributed by atoms with Gasteiger partial charge in [0, 0.05) is 18.2 Å². The molecule has 86 valence electrons. The third kappa shape index (κ3) is 2.69. The lowest BCUT2D eigenvalue weighted by molar-refractivity contribution is -0.383. The van der Waals surface area contributed by atoms with Crippen LogP contribution in [-0.4, -0.2) is 17.4 Å². The SMILES string of the molecule is CCCNC(=O)c1ccc([N+](=O)[O-])c(N)c1. The molecule has 1 aromatic carbocycles. The minimum absolute atomic E-state index is 0.00542. The van der Waals surface area contributed by atoms with E-state index in [9.17, 15) is 14.9 Å². The molecule has 1 rings (SSSR count). The molecule has 0 aliphatic heterocycles. The van der Waals surface area contributed by atoms with Gasteiger partial charge in [0.15, 0.2) is 0 Å². The number of nitrogens with zero attached hydrogens (tertiary/aromatic N) is 1. The second kappa shape index (κ2) is 5.11. The summed E-state index contributed by atoms with van der Waals surface area (Å²) in [6, 6.07) is 3.93. The van der Waals surface area contributed by atoms with Gasteiger partial charge in [-0.3, -0.25) is 14.9 Å². The summed E-state index contributed by atoms with van der Waals surface area (Å²) in [7, 11) is 0. The monoisotopic (exact) mass is 223 g/mol. The number of amides is 1. The van der Waals surface area contributed by atoms with Crippen LogP contribution in [0.1, 0.15) is 23.7 Å². The van der Waals surface area contributed by atoms with Gasteiger partial charge in [-0.1, -0.05) is 6.92 Å². The number of anilines is 1. The molecule has 0 saturated carbocycles. The molecule has 0 unspecified atom stereocenters. The fourth-order valence-corrected chi connectivity index (χ4v) is 1.20. The highest BCUT2D eigenvalue weighted by Gasteiger charge is 2.13. The number of nitro benzene ring substituents is 1. The van der Waals surface area contributed by atoms with Crippen molar-refractivity contribution in [2.24, 2.45) is 0 Å².